The van der Waals surface area contributed by atoms with Crippen molar-refractivity contribution in [1.82, 2.24) is 4.98 Å². The van der Waals surface area contributed by atoms with Crippen LogP contribution in [0.1, 0.15) is 21.5 Å². The van der Waals surface area contributed by atoms with Gasteiger partial charge in [0.05, 0.1) is 17.4 Å². The zero-order chi connectivity index (χ0) is 14.0. The largest absolute Gasteiger partial charge is 0.397 e. The quantitative estimate of drug-likeness (QED) is 0.827. The lowest BCUT2D eigenvalue weighted by molar-refractivity contribution is 0.102. The summed E-state index contributed by atoms with van der Waals surface area (Å²) in [6.45, 7) is 4.00. The maximum Gasteiger partial charge on any atom is 0.257 e. The lowest BCUT2D eigenvalue weighted by Crippen LogP contribution is -2.14. The Labute approximate surface area is 116 Å². The van der Waals surface area contributed by atoms with Gasteiger partial charge in [0.1, 0.15) is 5.15 Å². The van der Waals surface area contributed by atoms with E-state index < -0.39 is 0 Å². The molecule has 0 fully saturated rings. The fourth-order valence-electron chi connectivity index (χ4n) is 1.65. The molecule has 0 aliphatic heterocycles. The van der Waals surface area contributed by atoms with Gasteiger partial charge in [-0.05, 0) is 43.2 Å². The molecule has 1 aromatic heterocycles. The second-order valence-corrected chi connectivity index (χ2v) is 4.73. The summed E-state index contributed by atoms with van der Waals surface area (Å²) >= 11 is 5.76. The highest BCUT2D eigenvalue weighted by Crippen LogP contribution is 2.19. The number of carbonyl (C=O) groups is 1. The summed E-state index contributed by atoms with van der Waals surface area (Å²) in [5, 5.41) is 3.02. The van der Waals surface area contributed by atoms with E-state index in [2.05, 4.69) is 10.3 Å². The summed E-state index contributed by atoms with van der Waals surface area (Å²) in [5.41, 5.74) is 9.33. The Hall–Kier alpha value is -2.07. The average molecular weight is 276 g/mol. The van der Waals surface area contributed by atoms with E-state index in [0.717, 1.165) is 11.3 Å². The summed E-state index contributed by atoms with van der Waals surface area (Å²) in [4.78, 5) is 15.9. The zero-order valence-electron chi connectivity index (χ0n) is 10.7. The lowest BCUT2D eigenvalue weighted by Gasteiger charge is -2.09. The number of hydrogen-bond donors (Lipinski definition) is 2. The van der Waals surface area contributed by atoms with Crippen LogP contribution in [0.3, 0.4) is 0 Å². The molecule has 0 aliphatic carbocycles. The third-order valence-corrected chi connectivity index (χ3v) is 3.12. The van der Waals surface area contributed by atoms with E-state index >= 15 is 0 Å². The normalized spacial score (nSPS) is 10.3. The number of anilines is 2. The van der Waals surface area contributed by atoms with Crippen molar-refractivity contribution in [1.29, 1.82) is 0 Å². The number of pyridine rings is 1. The number of nitrogens with zero attached hydrogens (tertiary/aromatic N) is 1. The third kappa shape index (κ3) is 3.03. The van der Waals surface area contributed by atoms with E-state index in [9.17, 15) is 4.79 Å². The molecule has 0 bridgehead atoms. The van der Waals surface area contributed by atoms with Gasteiger partial charge in [0.2, 0.25) is 0 Å². The standard InChI is InChI=1S/C14H14ClN3O/c1-8-3-4-10(5-9(8)2)18-14(19)11-6-13(15)17-7-12(11)16/h3-7H,16H2,1-2H3,(H,18,19). The number of benzene rings is 1. The van der Waals surface area contributed by atoms with E-state index in [0.29, 0.717) is 11.3 Å². The van der Waals surface area contributed by atoms with Crippen LogP contribution >= 0.6 is 11.6 Å². The van der Waals surface area contributed by atoms with Crippen molar-refractivity contribution in [3.8, 4) is 0 Å². The molecule has 0 radical (unpaired) electrons. The number of aromatic nitrogens is 1. The first-order valence-electron chi connectivity index (χ1n) is 5.77. The number of rotatable bonds is 2. The van der Waals surface area contributed by atoms with Gasteiger partial charge in [-0.1, -0.05) is 17.7 Å². The molecular formula is C14H14ClN3O. The van der Waals surface area contributed by atoms with E-state index in [1.807, 2.05) is 32.0 Å². The van der Waals surface area contributed by atoms with E-state index in [1.165, 1.54) is 17.8 Å². The Balaban J connectivity index is 2.25. The number of nitrogens with two attached hydrogens (primary N) is 1. The van der Waals surface area contributed by atoms with Gasteiger partial charge in [-0.2, -0.15) is 0 Å². The minimum absolute atomic E-state index is 0.236. The molecule has 0 spiro atoms. The summed E-state index contributed by atoms with van der Waals surface area (Å²) in [6, 6.07) is 7.16. The smallest absolute Gasteiger partial charge is 0.257 e. The minimum Gasteiger partial charge on any atom is -0.397 e. The predicted molar refractivity (Wildman–Crippen MR) is 77.5 cm³/mol. The van der Waals surface area contributed by atoms with Crippen LogP contribution in [0, 0.1) is 13.8 Å². The molecule has 4 nitrogen and oxygen atoms in total. The highest BCUT2D eigenvalue weighted by molar-refractivity contribution is 6.30. The molecule has 0 saturated heterocycles. The number of hydrogen-bond acceptors (Lipinski definition) is 3. The molecular weight excluding hydrogens is 262 g/mol. The van der Waals surface area contributed by atoms with E-state index in [4.69, 9.17) is 17.3 Å². The van der Waals surface area contributed by atoms with E-state index in [-0.39, 0.29) is 11.1 Å². The summed E-state index contributed by atoms with van der Waals surface area (Å²) in [5.74, 6) is -0.301. The van der Waals surface area contributed by atoms with Gasteiger partial charge in [-0.25, -0.2) is 4.98 Å². The average Bonchev–Trinajstić information content (AvgIpc) is 2.36. The van der Waals surface area contributed by atoms with Gasteiger partial charge in [0, 0.05) is 5.69 Å². The van der Waals surface area contributed by atoms with E-state index in [1.54, 1.807) is 0 Å². The number of carbonyl (C=O) groups excluding carboxylic acids is 1. The highest BCUT2D eigenvalue weighted by Gasteiger charge is 2.11. The summed E-state index contributed by atoms with van der Waals surface area (Å²) in [6.07, 6.45) is 1.37. The molecule has 2 rings (SSSR count). The van der Waals surface area contributed by atoms with Crippen LogP contribution < -0.4 is 11.1 Å². The van der Waals surface area contributed by atoms with Crippen molar-refractivity contribution in [2.45, 2.75) is 13.8 Å². The van der Waals surface area contributed by atoms with Gasteiger partial charge >= 0.3 is 0 Å². The maximum atomic E-state index is 12.1. The topological polar surface area (TPSA) is 68.0 Å². The molecule has 3 N–H and O–H groups in total. The molecule has 0 unspecified atom stereocenters. The highest BCUT2D eigenvalue weighted by atomic mass is 35.5. The number of amides is 1. The predicted octanol–water partition coefficient (Wildman–Crippen LogP) is 3.19. The molecule has 1 aromatic carbocycles. The number of aryl methyl sites for hydroxylation is 2. The van der Waals surface area contributed by atoms with Gasteiger partial charge in [-0.3, -0.25) is 4.79 Å². The molecule has 1 amide bonds. The second kappa shape index (κ2) is 5.28. The molecule has 19 heavy (non-hydrogen) atoms. The van der Waals surface area contributed by atoms with Gasteiger partial charge in [0.15, 0.2) is 0 Å². The third-order valence-electron chi connectivity index (χ3n) is 2.91. The first-order valence-corrected chi connectivity index (χ1v) is 6.15. The Morgan fingerprint density at radius 1 is 1.26 bits per heavy atom. The lowest BCUT2D eigenvalue weighted by atomic mass is 10.1. The molecule has 0 saturated carbocycles. The number of nitrogen functional groups attached to an aromatic ring is 1. The number of halogens is 1. The van der Waals surface area contributed by atoms with Gasteiger partial charge in [0.25, 0.3) is 5.91 Å². The maximum absolute atomic E-state index is 12.1. The van der Waals surface area contributed by atoms with Crippen LogP contribution in [-0.2, 0) is 0 Å². The Kier molecular flexibility index (Phi) is 3.71. The zero-order valence-corrected chi connectivity index (χ0v) is 11.5. The van der Waals surface area contributed by atoms with Crippen molar-refractivity contribution in [3.63, 3.8) is 0 Å². The Morgan fingerprint density at radius 3 is 2.68 bits per heavy atom. The van der Waals surface area contributed by atoms with Crippen LogP contribution in [0.4, 0.5) is 11.4 Å². The van der Waals surface area contributed by atoms with Crippen molar-refractivity contribution >= 4 is 28.9 Å². The van der Waals surface area contributed by atoms with Crippen LogP contribution in [0.25, 0.3) is 0 Å². The fourth-order valence-corrected chi connectivity index (χ4v) is 1.81. The summed E-state index contributed by atoms with van der Waals surface area (Å²) < 4.78 is 0. The SMILES string of the molecule is Cc1ccc(NC(=O)c2cc(Cl)ncc2N)cc1C. The van der Waals surface area contributed by atoms with Gasteiger partial charge in [-0.15, -0.1) is 0 Å². The van der Waals surface area contributed by atoms with Crippen molar-refractivity contribution < 1.29 is 4.79 Å². The van der Waals surface area contributed by atoms with Crippen LogP contribution in [0.2, 0.25) is 5.15 Å². The molecule has 0 aliphatic rings. The Morgan fingerprint density at radius 2 is 2.00 bits per heavy atom. The number of nitrogens with one attached hydrogen (secondary N) is 1. The van der Waals surface area contributed by atoms with Gasteiger partial charge < -0.3 is 11.1 Å². The van der Waals surface area contributed by atoms with Crippen LogP contribution in [0.5, 0.6) is 0 Å². The van der Waals surface area contributed by atoms with Crippen LogP contribution in [-0.4, -0.2) is 10.9 Å². The molecule has 98 valence electrons. The molecule has 5 heteroatoms. The van der Waals surface area contributed by atoms with Crippen molar-refractivity contribution in [2.24, 2.45) is 0 Å². The fraction of sp³-hybridized carbons (Fsp3) is 0.143. The monoisotopic (exact) mass is 275 g/mol. The first-order chi connectivity index (χ1) is 8.97. The van der Waals surface area contributed by atoms with Crippen molar-refractivity contribution in [3.05, 3.63) is 52.3 Å². The first kappa shape index (κ1) is 13.4. The molecule has 0 atom stereocenters. The molecule has 2 aromatic rings. The van der Waals surface area contributed by atoms with Crippen LogP contribution in [0.15, 0.2) is 30.5 Å². The molecule has 1 heterocycles. The summed E-state index contributed by atoms with van der Waals surface area (Å²) in [7, 11) is 0. The Bertz CT molecular complexity index is 641. The second-order valence-electron chi connectivity index (χ2n) is 4.35. The minimum atomic E-state index is -0.301. The van der Waals surface area contributed by atoms with Crippen molar-refractivity contribution in [2.75, 3.05) is 11.1 Å².